The summed E-state index contributed by atoms with van der Waals surface area (Å²) < 4.78 is 37.3. The lowest BCUT2D eigenvalue weighted by Crippen LogP contribution is -2.14. The molecule has 0 fully saturated rings. The van der Waals surface area contributed by atoms with Gasteiger partial charge in [-0.1, -0.05) is 0 Å². The number of nitrogens with two attached hydrogens (primary N) is 1. The van der Waals surface area contributed by atoms with Crippen LogP contribution in [0.5, 0.6) is 0 Å². The van der Waals surface area contributed by atoms with Gasteiger partial charge in [-0.15, -0.1) is 12.4 Å². The van der Waals surface area contributed by atoms with E-state index in [-0.39, 0.29) is 35.7 Å². The average molecular weight is 303 g/mol. The Morgan fingerprint density at radius 1 is 1.50 bits per heavy atom. The van der Waals surface area contributed by atoms with Crippen LogP contribution in [0, 0.1) is 5.82 Å². The molecular formula is C9H16ClFN2O4S. The molecule has 1 aromatic rings. The second-order valence-corrected chi connectivity index (χ2v) is 5.11. The molecule has 106 valence electrons. The summed E-state index contributed by atoms with van der Waals surface area (Å²) in [5.41, 5.74) is 5.35. The van der Waals surface area contributed by atoms with E-state index in [0.29, 0.717) is 0 Å². The minimum atomic E-state index is -3.42. The van der Waals surface area contributed by atoms with Crippen LogP contribution < -0.4 is 10.5 Å². The molecule has 6 nitrogen and oxygen atoms in total. The molecule has 9 heteroatoms. The Morgan fingerprint density at radius 2 is 2.06 bits per heavy atom. The molecule has 1 rings (SSSR count). The fourth-order valence-electron chi connectivity index (χ4n) is 1.20. The Morgan fingerprint density at radius 3 is 2.50 bits per heavy atom. The van der Waals surface area contributed by atoms with Crippen molar-refractivity contribution in [2.45, 2.75) is 6.10 Å². The van der Waals surface area contributed by atoms with E-state index in [0.717, 1.165) is 12.3 Å². The van der Waals surface area contributed by atoms with Crippen molar-refractivity contribution in [3.8, 4) is 0 Å². The highest BCUT2D eigenvalue weighted by Crippen LogP contribution is 2.21. The summed E-state index contributed by atoms with van der Waals surface area (Å²) in [6.45, 7) is -0.140. The summed E-state index contributed by atoms with van der Waals surface area (Å²) in [7, 11) is -3.42. The topological polar surface area (TPSA) is 124 Å². The van der Waals surface area contributed by atoms with Crippen molar-refractivity contribution in [3.63, 3.8) is 0 Å². The van der Waals surface area contributed by atoms with Gasteiger partial charge in [0.15, 0.2) is 0 Å². The van der Waals surface area contributed by atoms with Crippen LogP contribution in [0.15, 0.2) is 18.2 Å². The number of rotatable bonds is 4. The molecule has 0 saturated heterocycles. The number of sulfonamides is 1. The van der Waals surface area contributed by atoms with Crippen LogP contribution in [0.3, 0.4) is 0 Å². The average Bonchev–Trinajstić information content (AvgIpc) is 2.18. The highest BCUT2D eigenvalue weighted by molar-refractivity contribution is 7.92. The maximum atomic E-state index is 13.2. The van der Waals surface area contributed by atoms with Crippen LogP contribution in [0.2, 0.25) is 0 Å². The number of aliphatic hydroxyl groups excluding tert-OH is 1. The number of aliphatic hydroxyl groups is 1. The quantitative estimate of drug-likeness (QED) is 0.711. The van der Waals surface area contributed by atoms with Crippen molar-refractivity contribution in [2.24, 2.45) is 5.73 Å². The van der Waals surface area contributed by atoms with Crippen LogP contribution in [-0.2, 0) is 10.0 Å². The first-order chi connectivity index (χ1) is 7.33. The molecule has 0 radical (unpaired) electrons. The molecule has 1 atom stereocenters. The van der Waals surface area contributed by atoms with Crippen molar-refractivity contribution >= 4 is 28.1 Å². The van der Waals surface area contributed by atoms with Gasteiger partial charge in [0.25, 0.3) is 0 Å². The molecule has 6 N–H and O–H groups in total. The van der Waals surface area contributed by atoms with E-state index < -0.39 is 21.9 Å². The Kier molecular flexibility index (Phi) is 8.08. The minimum absolute atomic E-state index is 0. The SMILES string of the molecule is CS(=O)(=O)Nc1ccc(F)c([C@H](O)CN)c1.Cl.O. The van der Waals surface area contributed by atoms with Crippen LogP contribution >= 0.6 is 12.4 Å². The Labute approximate surface area is 111 Å². The zero-order valence-corrected chi connectivity index (χ0v) is 11.2. The predicted molar refractivity (Wildman–Crippen MR) is 69.7 cm³/mol. The van der Waals surface area contributed by atoms with Gasteiger partial charge in [-0.05, 0) is 18.2 Å². The fourth-order valence-corrected chi connectivity index (χ4v) is 1.76. The second-order valence-electron chi connectivity index (χ2n) is 3.36. The highest BCUT2D eigenvalue weighted by Gasteiger charge is 2.13. The number of hydrogen-bond acceptors (Lipinski definition) is 4. The zero-order chi connectivity index (χ0) is 12.3. The first kappa shape index (κ1) is 19.4. The van der Waals surface area contributed by atoms with Gasteiger partial charge < -0.3 is 16.3 Å². The number of nitrogens with one attached hydrogen (secondary N) is 1. The normalized spacial score (nSPS) is 12.0. The Balaban J connectivity index is 0. The smallest absolute Gasteiger partial charge is 0.229 e. The van der Waals surface area contributed by atoms with E-state index >= 15 is 0 Å². The van der Waals surface area contributed by atoms with Crippen molar-refractivity contribution in [3.05, 3.63) is 29.6 Å². The predicted octanol–water partition coefficient (Wildman–Crippen LogP) is -0.214. The zero-order valence-electron chi connectivity index (χ0n) is 9.55. The summed E-state index contributed by atoms with van der Waals surface area (Å²) >= 11 is 0. The summed E-state index contributed by atoms with van der Waals surface area (Å²) in [5.74, 6) is -0.628. The van der Waals surface area contributed by atoms with Gasteiger partial charge in [0, 0.05) is 17.8 Å². The molecule has 18 heavy (non-hydrogen) atoms. The van der Waals surface area contributed by atoms with Crippen LogP contribution in [0.1, 0.15) is 11.7 Å². The monoisotopic (exact) mass is 302 g/mol. The van der Waals surface area contributed by atoms with E-state index in [1.807, 2.05) is 0 Å². The van der Waals surface area contributed by atoms with Crippen LogP contribution in [-0.4, -0.2) is 31.8 Å². The van der Waals surface area contributed by atoms with Gasteiger partial charge in [-0.2, -0.15) is 0 Å². The summed E-state index contributed by atoms with van der Waals surface area (Å²) in [4.78, 5) is 0. The lowest BCUT2D eigenvalue weighted by atomic mass is 10.1. The van der Waals surface area contributed by atoms with Crippen molar-refractivity contribution in [1.82, 2.24) is 0 Å². The first-order valence-electron chi connectivity index (χ1n) is 4.49. The third kappa shape index (κ3) is 5.61. The lowest BCUT2D eigenvalue weighted by molar-refractivity contribution is 0.182. The molecule has 0 aliphatic rings. The largest absolute Gasteiger partial charge is 0.412 e. The maximum Gasteiger partial charge on any atom is 0.229 e. The third-order valence-electron chi connectivity index (χ3n) is 1.88. The Hall–Kier alpha value is -0.930. The summed E-state index contributed by atoms with van der Waals surface area (Å²) in [6, 6.07) is 3.55. The standard InChI is InChI=1S/C9H13FN2O3S.ClH.H2O/c1-16(14,15)12-6-2-3-8(10)7(4-6)9(13)5-11;;/h2-4,9,12-13H,5,11H2,1H3;1H;1H2/t9-;;/m1../s1. The van der Waals surface area contributed by atoms with E-state index in [9.17, 15) is 17.9 Å². The molecule has 0 unspecified atom stereocenters. The number of halogens is 2. The van der Waals surface area contributed by atoms with Gasteiger partial charge in [-0.25, -0.2) is 12.8 Å². The molecule has 1 aromatic carbocycles. The second kappa shape index (κ2) is 7.49. The van der Waals surface area contributed by atoms with Crippen LogP contribution in [0.4, 0.5) is 10.1 Å². The van der Waals surface area contributed by atoms with Crippen LogP contribution in [0.25, 0.3) is 0 Å². The van der Waals surface area contributed by atoms with Gasteiger partial charge in [0.1, 0.15) is 5.82 Å². The Bertz CT molecular complexity index is 483. The fraction of sp³-hybridized carbons (Fsp3) is 0.333. The highest BCUT2D eigenvalue weighted by atomic mass is 35.5. The first-order valence-corrected chi connectivity index (χ1v) is 6.38. The molecule has 0 bridgehead atoms. The third-order valence-corrected chi connectivity index (χ3v) is 2.49. The number of benzene rings is 1. The van der Waals surface area contributed by atoms with Gasteiger partial charge >= 0.3 is 0 Å². The molecule has 0 amide bonds. The minimum Gasteiger partial charge on any atom is -0.412 e. The molecule has 0 saturated carbocycles. The lowest BCUT2D eigenvalue weighted by Gasteiger charge is -2.11. The molecule has 0 heterocycles. The van der Waals surface area contributed by atoms with E-state index in [4.69, 9.17) is 5.73 Å². The number of anilines is 1. The molecular weight excluding hydrogens is 287 g/mol. The van der Waals surface area contributed by atoms with Crippen molar-refractivity contribution in [2.75, 3.05) is 17.5 Å². The summed E-state index contributed by atoms with van der Waals surface area (Å²) in [5, 5.41) is 9.39. The molecule has 0 spiro atoms. The van der Waals surface area contributed by atoms with E-state index in [1.165, 1.54) is 12.1 Å². The van der Waals surface area contributed by atoms with Crippen molar-refractivity contribution in [1.29, 1.82) is 0 Å². The van der Waals surface area contributed by atoms with Crippen molar-refractivity contribution < 1.29 is 23.4 Å². The van der Waals surface area contributed by atoms with Gasteiger partial charge in [-0.3, -0.25) is 4.72 Å². The molecule has 0 aliphatic heterocycles. The maximum absolute atomic E-state index is 13.2. The van der Waals surface area contributed by atoms with Gasteiger partial charge in [0.05, 0.1) is 12.4 Å². The van der Waals surface area contributed by atoms with Gasteiger partial charge in [0.2, 0.25) is 10.0 Å². The van der Waals surface area contributed by atoms with E-state index in [2.05, 4.69) is 4.72 Å². The molecule has 0 aromatic heterocycles. The molecule has 0 aliphatic carbocycles. The van der Waals surface area contributed by atoms with E-state index in [1.54, 1.807) is 0 Å². The number of hydrogen-bond donors (Lipinski definition) is 3. The summed E-state index contributed by atoms with van der Waals surface area (Å²) in [6.07, 6.45) is -0.170.